The molecule has 452 valence electrons. The van der Waals surface area contributed by atoms with Gasteiger partial charge in [0.1, 0.15) is 0 Å². The van der Waals surface area contributed by atoms with Crippen LogP contribution < -0.4 is 5.32 Å². The third-order valence-corrected chi connectivity index (χ3v) is 14.8. The van der Waals surface area contributed by atoms with Gasteiger partial charge >= 0.3 is 0 Å². The van der Waals surface area contributed by atoms with E-state index >= 15 is 0 Å². The van der Waals surface area contributed by atoms with E-state index in [0.29, 0.717) is 6.42 Å². The van der Waals surface area contributed by atoms with E-state index in [4.69, 9.17) is 0 Å². The molecule has 4 nitrogen and oxygen atoms in total. The number of carbonyl (C=O) groups is 1. The van der Waals surface area contributed by atoms with Gasteiger partial charge in [-0.3, -0.25) is 4.79 Å². The smallest absolute Gasteiger partial charge is 0.220 e. The summed E-state index contributed by atoms with van der Waals surface area (Å²) in [5.74, 6) is -0.0790. The van der Waals surface area contributed by atoms with Crippen LogP contribution >= 0.6 is 0 Å². The molecule has 0 aliphatic rings. The van der Waals surface area contributed by atoms with Gasteiger partial charge in [-0.15, -0.1) is 0 Å². The standard InChI is InChI=1S/C75H129NO3/c1-3-5-7-9-11-13-15-17-19-21-23-25-27-29-31-32-33-34-35-36-37-38-39-40-41-42-43-44-45-47-49-51-53-55-57-59-61-63-65-67-69-71-75(79)76-73(72-77)74(78)70-68-66-64-62-60-58-56-54-52-50-48-46-30-28-26-24-22-20-18-16-14-12-10-8-6-4-2/h5,7,11,13,17,19,23,25,29,31,33-34,36-37,39-40,52,54,60,62,68,70,73-74,77-78H,3-4,6,8-10,12,14-16,18,20-22,24,26-28,30,32,35,38,41-51,53,55-59,61,63-67,69,71-72H2,1-2H3,(H,76,79)/b7-5-,13-11-,19-17-,25-23-,31-29-,34-33-,37-36-,40-39-,54-52+,62-60+,70-68+. The largest absolute Gasteiger partial charge is 0.394 e. The number of hydrogen-bond acceptors (Lipinski definition) is 3. The molecule has 0 rings (SSSR count). The summed E-state index contributed by atoms with van der Waals surface area (Å²) < 4.78 is 0. The highest BCUT2D eigenvalue weighted by atomic mass is 16.3. The number of allylic oxidation sites excluding steroid dienone is 21. The minimum Gasteiger partial charge on any atom is -0.394 e. The molecule has 0 bridgehead atoms. The van der Waals surface area contributed by atoms with Crippen molar-refractivity contribution >= 4 is 5.91 Å². The van der Waals surface area contributed by atoms with Crippen LogP contribution in [0.15, 0.2) is 134 Å². The van der Waals surface area contributed by atoms with Gasteiger partial charge in [0.2, 0.25) is 5.91 Å². The number of nitrogens with one attached hydrogen (secondary N) is 1. The fourth-order valence-electron chi connectivity index (χ4n) is 9.76. The van der Waals surface area contributed by atoms with Crippen LogP contribution in [0, 0.1) is 0 Å². The van der Waals surface area contributed by atoms with E-state index in [9.17, 15) is 15.0 Å². The Bertz CT molecular complexity index is 1570. The summed E-state index contributed by atoms with van der Waals surface area (Å²) in [5, 5.41) is 23.2. The molecular weight excluding hydrogens is 963 g/mol. The summed E-state index contributed by atoms with van der Waals surface area (Å²) in [5.41, 5.74) is 0. The molecule has 2 atom stereocenters. The van der Waals surface area contributed by atoms with Crippen molar-refractivity contribution in [3.63, 3.8) is 0 Å². The molecule has 0 aliphatic heterocycles. The summed E-state index contributed by atoms with van der Waals surface area (Å²) in [6, 6.07) is -0.654. The number of rotatable bonds is 61. The van der Waals surface area contributed by atoms with Crippen molar-refractivity contribution in [1.29, 1.82) is 0 Å². The van der Waals surface area contributed by atoms with Crippen LogP contribution in [0.2, 0.25) is 0 Å². The number of aliphatic hydroxyl groups is 2. The molecule has 79 heavy (non-hydrogen) atoms. The Morgan fingerprint density at radius 1 is 0.316 bits per heavy atom. The van der Waals surface area contributed by atoms with Crippen LogP contribution in [0.3, 0.4) is 0 Å². The molecule has 0 aliphatic carbocycles. The first-order chi connectivity index (χ1) is 39.2. The second-order valence-electron chi connectivity index (χ2n) is 22.5. The Morgan fingerprint density at radius 3 is 0.886 bits per heavy atom. The molecule has 2 unspecified atom stereocenters. The van der Waals surface area contributed by atoms with E-state index < -0.39 is 12.1 Å². The first-order valence-electron chi connectivity index (χ1n) is 33.9. The Balaban J connectivity index is 3.56. The maximum Gasteiger partial charge on any atom is 0.220 e. The van der Waals surface area contributed by atoms with Gasteiger partial charge in [0.25, 0.3) is 0 Å². The highest BCUT2D eigenvalue weighted by molar-refractivity contribution is 5.76. The quantitative estimate of drug-likeness (QED) is 0.0420. The summed E-state index contributed by atoms with van der Waals surface area (Å²) in [6.07, 6.45) is 107. The number of carbonyl (C=O) groups excluding carboxylic acids is 1. The third-order valence-electron chi connectivity index (χ3n) is 14.8. The van der Waals surface area contributed by atoms with Gasteiger partial charge in [-0.25, -0.2) is 0 Å². The summed E-state index contributed by atoms with van der Waals surface area (Å²) in [7, 11) is 0. The lowest BCUT2D eigenvalue weighted by Gasteiger charge is -2.19. The number of hydrogen-bond donors (Lipinski definition) is 3. The summed E-state index contributed by atoms with van der Waals surface area (Å²) in [4.78, 5) is 12.5. The number of unbranched alkanes of at least 4 members (excludes halogenated alkanes) is 34. The topological polar surface area (TPSA) is 69.6 Å². The fraction of sp³-hybridized carbons (Fsp3) is 0.693. The number of amides is 1. The molecule has 0 spiro atoms. The molecule has 0 aromatic rings. The van der Waals surface area contributed by atoms with Crippen LogP contribution in [0.4, 0.5) is 0 Å². The molecule has 0 fully saturated rings. The van der Waals surface area contributed by atoms with Crippen molar-refractivity contribution in [1.82, 2.24) is 5.32 Å². The maximum absolute atomic E-state index is 12.5. The van der Waals surface area contributed by atoms with Crippen LogP contribution in [0.5, 0.6) is 0 Å². The zero-order chi connectivity index (χ0) is 56.9. The minimum absolute atomic E-state index is 0.0790. The molecule has 0 heterocycles. The average Bonchev–Trinajstić information content (AvgIpc) is 3.45. The van der Waals surface area contributed by atoms with Gasteiger partial charge in [-0.05, 0) is 109 Å². The van der Waals surface area contributed by atoms with Gasteiger partial charge in [0.05, 0.1) is 18.8 Å². The van der Waals surface area contributed by atoms with Crippen molar-refractivity contribution in [2.75, 3.05) is 6.61 Å². The normalized spacial score (nSPS) is 13.6. The van der Waals surface area contributed by atoms with E-state index in [1.165, 1.54) is 205 Å². The van der Waals surface area contributed by atoms with E-state index in [2.05, 4.69) is 141 Å². The fourth-order valence-corrected chi connectivity index (χ4v) is 9.76. The Hall–Kier alpha value is -3.47. The van der Waals surface area contributed by atoms with Crippen molar-refractivity contribution in [2.24, 2.45) is 0 Å². The lowest BCUT2D eigenvalue weighted by molar-refractivity contribution is -0.123. The average molecular weight is 1090 g/mol. The van der Waals surface area contributed by atoms with Crippen LogP contribution in [-0.2, 0) is 4.79 Å². The first kappa shape index (κ1) is 75.5. The van der Waals surface area contributed by atoms with Crippen LogP contribution in [0.25, 0.3) is 0 Å². The van der Waals surface area contributed by atoms with Crippen molar-refractivity contribution < 1.29 is 15.0 Å². The lowest BCUT2D eigenvalue weighted by Crippen LogP contribution is -2.45. The Labute approximate surface area is 491 Å². The highest BCUT2D eigenvalue weighted by Crippen LogP contribution is 2.17. The zero-order valence-electron chi connectivity index (χ0n) is 52.1. The molecule has 0 radical (unpaired) electrons. The molecule has 1 amide bonds. The molecular formula is C75H129NO3. The second kappa shape index (κ2) is 68.8. The van der Waals surface area contributed by atoms with Gasteiger partial charge in [0, 0.05) is 6.42 Å². The number of aliphatic hydroxyl groups excluding tert-OH is 2. The summed E-state index contributed by atoms with van der Waals surface area (Å²) >= 11 is 0. The third kappa shape index (κ3) is 65.2. The van der Waals surface area contributed by atoms with Crippen molar-refractivity contribution in [3.05, 3.63) is 134 Å². The van der Waals surface area contributed by atoms with Crippen LogP contribution in [-0.4, -0.2) is 34.9 Å². The molecule has 0 saturated carbocycles. The molecule has 0 saturated heterocycles. The zero-order valence-corrected chi connectivity index (χ0v) is 52.1. The predicted octanol–water partition coefficient (Wildman–Crippen LogP) is 23.3. The van der Waals surface area contributed by atoms with E-state index in [1.807, 2.05) is 6.08 Å². The highest BCUT2D eigenvalue weighted by Gasteiger charge is 2.18. The maximum atomic E-state index is 12.5. The minimum atomic E-state index is -0.878. The van der Waals surface area contributed by atoms with Gasteiger partial charge in [-0.2, -0.15) is 0 Å². The Kier molecular flexibility index (Phi) is 65.8. The van der Waals surface area contributed by atoms with Gasteiger partial charge in [-0.1, -0.05) is 334 Å². The summed E-state index contributed by atoms with van der Waals surface area (Å²) in [6.45, 7) is 4.20. The van der Waals surface area contributed by atoms with E-state index in [1.54, 1.807) is 6.08 Å². The van der Waals surface area contributed by atoms with Crippen molar-refractivity contribution in [3.8, 4) is 0 Å². The van der Waals surface area contributed by atoms with Crippen molar-refractivity contribution in [2.45, 2.75) is 328 Å². The Morgan fingerprint density at radius 2 is 0.570 bits per heavy atom. The van der Waals surface area contributed by atoms with Gasteiger partial charge < -0.3 is 15.5 Å². The lowest BCUT2D eigenvalue weighted by atomic mass is 10.0. The SMILES string of the molecule is CC/C=C\C/C=C\C/C=C\C/C=C\C/C=C\C/C=C\C/C=C\C/C=C\CCCCCCCCCCCCCCCCCCC(=O)NC(CO)C(O)/C=C/CC/C=C/CC/C=C/CCCCCCCCCCCCCCCCCC. The van der Waals surface area contributed by atoms with Gasteiger partial charge in [0.15, 0.2) is 0 Å². The van der Waals surface area contributed by atoms with E-state index in [-0.39, 0.29) is 12.5 Å². The molecule has 0 aromatic carbocycles. The van der Waals surface area contributed by atoms with Crippen LogP contribution in [0.1, 0.15) is 316 Å². The van der Waals surface area contributed by atoms with E-state index in [0.717, 1.165) is 89.9 Å². The molecule has 0 aromatic heterocycles. The second-order valence-corrected chi connectivity index (χ2v) is 22.5. The first-order valence-corrected chi connectivity index (χ1v) is 33.9. The molecule has 3 N–H and O–H groups in total. The molecule has 4 heteroatoms. The predicted molar refractivity (Wildman–Crippen MR) is 354 cm³/mol. The monoisotopic (exact) mass is 1090 g/mol.